The Morgan fingerprint density at radius 3 is 1.06 bits per heavy atom. The van der Waals surface area contributed by atoms with Crippen molar-refractivity contribution in [1.82, 2.24) is 73.0 Å². The summed E-state index contributed by atoms with van der Waals surface area (Å²) in [4.78, 5) is 4.75. The zero-order chi connectivity index (χ0) is 80.1. The van der Waals surface area contributed by atoms with Crippen molar-refractivity contribution in [1.29, 1.82) is 0 Å². The van der Waals surface area contributed by atoms with E-state index in [1.165, 1.54) is 72.4 Å². The predicted octanol–water partition coefficient (Wildman–Crippen LogP) is 25.4. The van der Waals surface area contributed by atoms with Crippen LogP contribution in [0.4, 0.5) is 43.9 Å². The van der Waals surface area contributed by atoms with Gasteiger partial charge in [0.1, 0.15) is 102 Å². The number of aromatic nitrogens is 15. The Balaban J connectivity index is 0.000000137. The third-order valence-corrected chi connectivity index (χ3v) is 24.4. The first-order valence-corrected chi connectivity index (χ1v) is 40.0. The zero-order valence-electron chi connectivity index (χ0n) is 59.5. The third kappa shape index (κ3) is 19.7. The molecule has 0 atom stereocenters. The molecule has 0 aliphatic heterocycles. The van der Waals surface area contributed by atoms with Gasteiger partial charge in [-0.25, -0.2) is 43.9 Å². The average Bonchev–Trinajstić information content (AvgIpc) is 1.68. The molecule has 15 nitrogen and oxygen atoms in total. The molecule has 36 heteroatoms. The summed E-state index contributed by atoms with van der Waals surface area (Å²) >= 11 is 40.8. The molecule has 0 saturated heterocycles. The van der Waals surface area contributed by atoms with Crippen LogP contribution in [-0.2, 0) is 0 Å². The van der Waals surface area contributed by atoms with Gasteiger partial charge in [-0.05, 0) is 101 Å². The number of nitrogens with zero attached hydrogens (tertiary/aromatic N) is 15. The molecule has 0 saturated carbocycles. The minimum absolute atomic E-state index is 0.101. The van der Waals surface area contributed by atoms with Crippen LogP contribution in [-0.4, -0.2) is 73.0 Å². The van der Waals surface area contributed by atoms with Crippen molar-refractivity contribution in [2.24, 2.45) is 0 Å². The molecule has 0 spiro atoms. The van der Waals surface area contributed by atoms with E-state index in [1.54, 1.807) is 45.3 Å². The van der Waals surface area contributed by atoms with Crippen LogP contribution in [0.15, 0.2) is 199 Å². The topological polar surface area (TPSA) is 151 Å². The highest BCUT2D eigenvalue weighted by Crippen LogP contribution is 2.44. The van der Waals surface area contributed by atoms with Crippen molar-refractivity contribution in [3.63, 3.8) is 0 Å². The normalized spacial score (nSPS) is 11.6. The Labute approximate surface area is 683 Å². The molecule has 10 heterocycles. The minimum atomic E-state index is -0.671. The highest BCUT2D eigenvalue weighted by atomic mass is 79.9. The largest absolute Gasteiger partial charge is 0.285 e. The van der Waals surface area contributed by atoms with E-state index < -0.39 is 58.2 Å². The van der Waals surface area contributed by atoms with Crippen molar-refractivity contribution < 1.29 is 43.9 Å². The molecule has 15 rings (SSSR count). The summed E-state index contributed by atoms with van der Waals surface area (Å²) in [5, 5.41) is 43.0. The van der Waals surface area contributed by atoms with Crippen LogP contribution in [0.2, 0.25) is 25.4 Å². The number of benzene rings is 5. The van der Waals surface area contributed by atoms with Crippen LogP contribution in [0.25, 0.3) is 28.2 Å². The predicted molar refractivity (Wildman–Crippen MR) is 421 cm³/mol. The molecule has 0 unspecified atom stereocenters. The minimum Gasteiger partial charge on any atom is -0.285 e. The summed E-state index contributed by atoms with van der Waals surface area (Å²) in [6, 6.07) is 29.5. The van der Waals surface area contributed by atoms with E-state index in [4.69, 9.17) is 58.0 Å². The maximum Gasteiger partial charge on any atom is 0.163 e. The zero-order valence-corrected chi connectivity index (χ0v) is 69.0. The van der Waals surface area contributed by atoms with Crippen molar-refractivity contribution in [2.45, 2.75) is 148 Å². The van der Waals surface area contributed by atoms with Crippen LogP contribution in [0.1, 0.15) is 128 Å². The molecule has 0 fully saturated rings. The van der Waals surface area contributed by atoms with Gasteiger partial charge in [0.25, 0.3) is 0 Å². The molecule has 0 aliphatic carbocycles. The van der Waals surface area contributed by atoms with E-state index >= 15 is 0 Å². The average molecular weight is 1780 g/mol. The van der Waals surface area contributed by atoms with Crippen LogP contribution in [0.5, 0.6) is 0 Å². The van der Waals surface area contributed by atoms with Crippen molar-refractivity contribution in [3.05, 3.63) is 263 Å². The summed E-state index contributed by atoms with van der Waals surface area (Å²) < 4.78 is 144. The Kier molecular flexibility index (Phi) is 27.7. The smallest absolute Gasteiger partial charge is 0.163 e. The lowest BCUT2D eigenvalue weighted by molar-refractivity contribution is 0.565. The van der Waals surface area contributed by atoms with Gasteiger partial charge in [-0.3, -0.25) is 22.0 Å². The van der Waals surface area contributed by atoms with Crippen molar-refractivity contribution in [2.75, 3.05) is 0 Å². The number of hydrogen-bond donors (Lipinski definition) is 0. The summed E-state index contributed by atoms with van der Waals surface area (Å²) in [6.45, 7) is 20.0. The second-order valence-corrected chi connectivity index (χ2v) is 33.6. The Morgan fingerprint density at radius 2 is 0.613 bits per heavy atom. The summed E-state index contributed by atoms with van der Waals surface area (Å²) in [6.07, 6.45) is 3.65. The summed E-state index contributed by atoms with van der Waals surface area (Å²) in [5.74, 6) is -1.47. The van der Waals surface area contributed by atoms with E-state index in [9.17, 15) is 43.9 Å². The van der Waals surface area contributed by atoms with Gasteiger partial charge in [0.2, 0.25) is 0 Å². The maximum atomic E-state index is 13.9. The molecule has 0 amide bonds. The first-order chi connectivity index (χ1) is 52.7. The fourth-order valence-corrected chi connectivity index (χ4v) is 17.2. The highest BCUT2D eigenvalue weighted by molar-refractivity contribution is 9.10. The monoisotopic (exact) mass is 1770 g/mol. The molecule has 0 aliphatic rings. The van der Waals surface area contributed by atoms with Crippen LogP contribution >= 0.6 is 133 Å². The lowest BCUT2D eigenvalue weighted by Gasteiger charge is -2.12. The molecule has 15 aromatic rings. The Morgan fingerprint density at radius 1 is 0.288 bits per heavy atom. The molecule has 0 radical (unpaired) electrons. The van der Waals surface area contributed by atoms with Gasteiger partial charge >= 0.3 is 0 Å². The number of hydrogen-bond acceptors (Lipinski definition) is 15. The second-order valence-electron chi connectivity index (χ2n) is 25.5. The van der Waals surface area contributed by atoms with Crippen molar-refractivity contribution in [3.8, 4) is 0 Å². The Bertz CT molecular complexity index is 5750. The molecule has 111 heavy (non-hydrogen) atoms. The fourth-order valence-electron chi connectivity index (χ4n) is 10.4. The second kappa shape index (κ2) is 36.5. The maximum absolute atomic E-state index is 13.9. The van der Waals surface area contributed by atoms with Gasteiger partial charge in [-0.15, -0.1) is 51.0 Å². The number of rotatable bonds is 15. The van der Waals surface area contributed by atoms with Gasteiger partial charge in [-0.1, -0.05) is 186 Å². The Hall–Kier alpha value is -7.82. The molecule has 0 bridgehead atoms. The van der Waals surface area contributed by atoms with E-state index in [0.29, 0.717) is 92.7 Å². The third-order valence-electron chi connectivity index (χ3n) is 15.7. The first-order valence-electron chi connectivity index (χ1n) is 33.3. The summed E-state index contributed by atoms with van der Waals surface area (Å²) in [5.41, 5.74) is 3.15. The molecule has 576 valence electrons. The van der Waals surface area contributed by atoms with E-state index in [1.807, 2.05) is 101 Å². The quantitative estimate of drug-likeness (QED) is 0.0707. The number of halogens is 16. The van der Waals surface area contributed by atoms with Gasteiger partial charge in [0.05, 0.1) is 24.9 Å². The van der Waals surface area contributed by atoms with Crippen molar-refractivity contribution >= 4 is 161 Å². The molecule has 0 N–H and O–H groups in total. The van der Waals surface area contributed by atoms with E-state index in [2.05, 4.69) is 66.9 Å². The lowest BCUT2D eigenvalue weighted by Crippen LogP contribution is -2.00. The molecular formula is C75H59BrCl5F10N15S5. The summed E-state index contributed by atoms with van der Waals surface area (Å²) in [7, 11) is 0. The highest BCUT2D eigenvalue weighted by Gasteiger charge is 2.24. The van der Waals surface area contributed by atoms with Crippen LogP contribution in [0, 0.1) is 58.2 Å². The van der Waals surface area contributed by atoms with Crippen LogP contribution in [0.3, 0.4) is 0 Å². The first kappa shape index (κ1) is 84.1. The number of pyridine rings is 5. The fraction of sp³-hybridized carbons (Fsp3) is 0.200. The van der Waals surface area contributed by atoms with Gasteiger partial charge in [0, 0.05) is 130 Å². The molecule has 5 aromatic carbocycles. The SMILES string of the molecule is CC(C)c1nnc2cc(Cl)c(Sc3ccc(F)cc3F)c(Br)n12.CC(C)c1nnc2cc(Cl)c(Sc3ccc(F)cc3F)c(Cl)n12.CC(C)c1nnc2cc(Cl)c(Sc3ccc(F)cc3F)cn12.CC(C)c1nnc2ccc(Sc3ccc(F)cc3F)c(Cl)n12.CC(C)c1nnc2ccc(Sc3ccc(F)cc3F)cn12. The van der Waals surface area contributed by atoms with E-state index in [0.717, 1.165) is 111 Å². The lowest BCUT2D eigenvalue weighted by atomic mass is 10.2. The van der Waals surface area contributed by atoms with E-state index in [-0.39, 0.29) is 39.4 Å². The van der Waals surface area contributed by atoms with Gasteiger partial charge < -0.3 is 0 Å². The van der Waals surface area contributed by atoms with Gasteiger partial charge in [0.15, 0.2) is 28.2 Å². The van der Waals surface area contributed by atoms with Gasteiger partial charge in [-0.2, -0.15) is 0 Å². The number of fused-ring (bicyclic) bond motifs is 5. The standard InChI is InChI=1S/C15H11BrClF2N3S.C15H11Cl2F2N3S.2C15H12ClF2N3S.C15H13F2N3S/c1-7(2)15-21-20-12-6-9(17)13(14(16)22(12)15)23-11-4-3-8(18)5-10(11)19;1-7(2)15-21-20-12-6-9(16)13(14(17)22(12)15)23-11-4-3-8(18)5-10(11)19;1-8(2)15-20-19-14-6-10(16)13(7-21(14)15)22-12-4-3-9(17)5-11(12)18;1-8(2)15-20-19-13-6-5-12(14(16)21(13)15)22-11-4-3-9(17)7-10(11)18;1-9(2)15-19-18-14-6-4-11(8-20(14)15)21-13-5-3-10(16)7-12(13)17/h2*3-7H,1-2H3;2*3-8H,1-2H3;3-9H,1-2H3. The molecule has 10 aromatic heterocycles. The van der Waals surface area contributed by atoms with Crippen LogP contribution < -0.4 is 0 Å². The molecular weight excluding hydrogens is 1720 g/mol.